The third kappa shape index (κ3) is 3.72. The normalized spacial score (nSPS) is 19.4. The number of aromatic nitrogens is 1. The van der Waals surface area contributed by atoms with Crippen molar-refractivity contribution in [3.05, 3.63) is 59.1 Å². The number of pyridine rings is 1. The van der Waals surface area contributed by atoms with Gasteiger partial charge < -0.3 is 16.4 Å². The van der Waals surface area contributed by atoms with Gasteiger partial charge in [-0.05, 0) is 29.5 Å². The summed E-state index contributed by atoms with van der Waals surface area (Å²) in [6.07, 6.45) is 9.81. The third-order valence-corrected chi connectivity index (χ3v) is 4.38. The van der Waals surface area contributed by atoms with E-state index >= 15 is 0 Å². The van der Waals surface area contributed by atoms with Gasteiger partial charge in [0.1, 0.15) is 12.0 Å². The molecular weight excluding hydrogens is 314 g/mol. The standard InChI is InChI=1S/C15H19N5O2S/c1-23(21,22)19-9-10-4-5-12(20-14(10)16)7-11-8-18-15-13(11)3-2-6-17-15/h2-6,8,15,17-19H,7,9H2,1H3,(H2,16,20). The lowest BCUT2D eigenvalue weighted by Gasteiger charge is -2.18. The first-order valence-electron chi connectivity index (χ1n) is 7.19. The second-order valence-electron chi connectivity index (χ2n) is 5.53. The van der Waals surface area contributed by atoms with E-state index in [2.05, 4.69) is 26.4 Å². The molecule has 1 aromatic heterocycles. The lowest BCUT2D eigenvalue weighted by Crippen LogP contribution is -2.35. The van der Waals surface area contributed by atoms with Gasteiger partial charge in [-0.3, -0.25) is 0 Å². The second kappa shape index (κ2) is 6.05. The molecule has 0 saturated heterocycles. The van der Waals surface area contributed by atoms with Crippen LogP contribution < -0.4 is 21.1 Å². The van der Waals surface area contributed by atoms with Crippen molar-refractivity contribution in [2.24, 2.45) is 0 Å². The highest BCUT2D eigenvalue weighted by atomic mass is 32.2. The Hall–Kier alpha value is -2.32. The zero-order chi connectivity index (χ0) is 16.4. The van der Waals surface area contributed by atoms with Crippen LogP contribution in [0.2, 0.25) is 0 Å². The fourth-order valence-electron chi connectivity index (χ4n) is 2.54. The second-order valence-corrected chi connectivity index (χ2v) is 7.37. The number of hydrogen-bond acceptors (Lipinski definition) is 6. The molecule has 23 heavy (non-hydrogen) atoms. The topological polar surface area (TPSA) is 109 Å². The Morgan fingerprint density at radius 1 is 1.35 bits per heavy atom. The molecule has 0 amide bonds. The van der Waals surface area contributed by atoms with Crippen molar-refractivity contribution in [2.75, 3.05) is 12.0 Å². The number of allylic oxidation sites excluding steroid dienone is 2. The van der Waals surface area contributed by atoms with Crippen LogP contribution in [0.25, 0.3) is 0 Å². The van der Waals surface area contributed by atoms with E-state index in [9.17, 15) is 8.42 Å². The molecule has 5 N–H and O–H groups in total. The fourth-order valence-corrected chi connectivity index (χ4v) is 2.96. The quantitative estimate of drug-likeness (QED) is 0.609. The Labute approximate surface area is 135 Å². The van der Waals surface area contributed by atoms with E-state index in [1.807, 2.05) is 30.6 Å². The summed E-state index contributed by atoms with van der Waals surface area (Å²) in [5, 5.41) is 6.49. The van der Waals surface area contributed by atoms with Gasteiger partial charge in [-0.25, -0.2) is 18.1 Å². The van der Waals surface area contributed by atoms with Crippen molar-refractivity contribution in [1.29, 1.82) is 0 Å². The van der Waals surface area contributed by atoms with Gasteiger partial charge in [0.2, 0.25) is 10.0 Å². The first-order valence-corrected chi connectivity index (χ1v) is 9.09. The lowest BCUT2D eigenvalue weighted by molar-refractivity contribution is 0.587. The van der Waals surface area contributed by atoms with Crippen LogP contribution in [0, 0.1) is 0 Å². The molecule has 0 saturated carbocycles. The van der Waals surface area contributed by atoms with Gasteiger partial charge in [-0.2, -0.15) is 0 Å². The number of rotatable bonds is 5. The van der Waals surface area contributed by atoms with Gasteiger partial charge in [-0.15, -0.1) is 0 Å². The average molecular weight is 333 g/mol. The van der Waals surface area contributed by atoms with Crippen molar-refractivity contribution in [3.63, 3.8) is 0 Å². The molecule has 2 aliphatic rings. The SMILES string of the molecule is CS(=O)(=O)NCc1ccc(CC2=CNC3NC=CC=C23)nc1N. The molecule has 1 unspecified atom stereocenters. The predicted molar refractivity (Wildman–Crippen MR) is 89.4 cm³/mol. The molecule has 0 fully saturated rings. The number of nitrogens with one attached hydrogen (secondary N) is 3. The zero-order valence-corrected chi connectivity index (χ0v) is 13.5. The van der Waals surface area contributed by atoms with Crippen LogP contribution in [0.1, 0.15) is 11.3 Å². The van der Waals surface area contributed by atoms with Gasteiger partial charge in [0.15, 0.2) is 0 Å². The summed E-state index contributed by atoms with van der Waals surface area (Å²) in [6.45, 7) is 0.143. The highest BCUT2D eigenvalue weighted by Crippen LogP contribution is 2.24. The molecule has 3 rings (SSSR count). The number of hydrogen-bond donors (Lipinski definition) is 4. The Morgan fingerprint density at radius 3 is 2.91 bits per heavy atom. The number of nitrogens with zero attached hydrogens (tertiary/aromatic N) is 1. The van der Waals surface area contributed by atoms with E-state index in [0.29, 0.717) is 17.8 Å². The monoisotopic (exact) mass is 333 g/mol. The van der Waals surface area contributed by atoms with Crippen LogP contribution in [0.4, 0.5) is 5.82 Å². The van der Waals surface area contributed by atoms with E-state index in [4.69, 9.17) is 5.73 Å². The van der Waals surface area contributed by atoms with Crippen molar-refractivity contribution in [1.82, 2.24) is 20.3 Å². The van der Waals surface area contributed by atoms with Crippen LogP contribution in [0.5, 0.6) is 0 Å². The van der Waals surface area contributed by atoms with E-state index in [1.165, 1.54) is 5.57 Å². The van der Waals surface area contributed by atoms with E-state index in [-0.39, 0.29) is 12.7 Å². The first-order chi connectivity index (χ1) is 10.9. The van der Waals surface area contributed by atoms with Crippen molar-refractivity contribution in [3.8, 4) is 0 Å². The van der Waals surface area contributed by atoms with Crippen LogP contribution in [0.15, 0.2) is 47.8 Å². The minimum Gasteiger partial charge on any atom is -0.383 e. The first kappa shape index (κ1) is 15.6. The maximum Gasteiger partial charge on any atom is 0.209 e. The molecule has 0 spiro atoms. The van der Waals surface area contributed by atoms with E-state index in [1.54, 1.807) is 0 Å². The van der Waals surface area contributed by atoms with Crippen LogP contribution in [-0.4, -0.2) is 25.8 Å². The smallest absolute Gasteiger partial charge is 0.209 e. The number of nitrogens with two attached hydrogens (primary N) is 1. The highest BCUT2D eigenvalue weighted by Gasteiger charge is 2.23. The largest absolute Gasteiger partial charge is 0.383 e. The van der Waals surface area contributed by atoms with E-state index in [0.717, 1.165) is 17.5 Å². The van der Waals surface area contributed by atoms with Gasteiger partial charge in [0, 0.05) is 30.4 Å². The summed E-state index contributed by atoms with van der Waals surface area (Å²) in [6, 6.07) is 3.68. The summed E-state index contributed by atoms with van der Waals surface area (Å²) in [5.41, 5.74) is 9.79. The maximum absolute atomic E-state index is 11.1. The molecular formula is C15H19N5O2S. The molecule has 0 aromatic carbocycles. The average Bonchev–Trinajstić information content (AvgIpc) is 2.89. The highest BCUT2D eigenvalue weighted by molar-refractivity contribution is 7.88. The summed E-state index contributed by atoms with van der Waals surface area (Å²) in [4.78, 5) is 4.38. The van der Waals surface area contributed by atoms with Crippen LogP contribution >= 0.6 is 0 Å². The molecule has 0 aliphatic carbocycles. The summed E-state index contributed by atoms with van der Waals surface area (Å²) in [7, 11) is -3.25. The summed E-state index contributed by atoms with van der Waals surface area (Å²) < 4.78 is 24.7. The Morgan fingerprint density at radius 2 is 2.17 bits per heavy atom. The molecule has 122 valence electrons. The van der Waals surface area contributed by atoms with Gasteiger partial charge in [-0.1, -0.05) is 12.1 Å². The van der Waals surface area contributed by atoms with E-state index < -0.39 is 10.0 Å². The molecule has 8 heteroatoms. The molecule has 7 nitrogen and oxygen atoms in total. The number of nitrogen functional groups attached to an aromatic ring is 1. The van der Waals surface area contributed by atoms with Gasteiger partial charge in [0.25, 0.3) is 0 Å². The Balaban J connectivity index is 1.71. The summed E-state index contributed by atoms with van der Waals surface area (Å²) in [5.74, 6) is 0.345. The molecule has 1 aromatic rings. The van der Waals surface area contributed by atoms with Crippen molar-refractivity contribution in [2.45, 2.75) is 19.1 Å². The van der Waals surface area contributed by atoms with Crippen LogP contribution in [0.3, 0.4) is 0 Å². The maximum atomic E-state index is 11.1. The molecule has 3 heterocycles. The Kier molecular flexibility index (Phi) is 4.10. The number of sulfonamides is 1. The van der Waals surface area contributed by atoms with Gasteiger partial charge in [0.05, 0.1) is 6.26 Å². The number of dihydropyridines is 1. The molecule has 0 radical (unpaired) electrons. The zero-order valence-electron chi connectivity index (χ0n) is 12.7. The summed E-state index contributed by atoms with van der Waals surface area (Å²) >= 11 is 0. The fraction of sp³-hybridized carbons (Fsp3) is 0.267. The molecule has 0 bridgehead atoms. The number of anilines is 1. The van der Waals surface area contributed by atoms with Crippen molar-refractivity contribution >= 4 is 15.8 Å². The predicted octanol–water partition coefficient (Wildman–Crippen LogP) is 0.112. The van der Waals surface area contributed by atoms with Gasteiger partial charge >= 0.3 is 0 Å². The third-order valence-electron chi connectivity index (χ3n) is 3.71. The van der Waals surface area contributed by atoms with Crippen molar-refractivity contribution < 1.29 is 8.42 Å². The minimum atomic E-state index is -3.25. The molecule has 1 atom stereocenters. The number of fused-ring (bicyclic) bond motifs is 1. The minimum absolute atomic E-state index is 0.116. The van der Waals surface area contributed by atoms with Crippen LogP contribution in [-0.2, 0) is 23.0 Å². The lowest BCUT2D eigenvalue weighted by atomic mass is 10.00. The Bertz CT molecular complexity index is 811. The molecule has 2 aliphatic heterocycles.